The molecule has 148 valence electrons. The van der Waals surface area contributed by atoms with Gasteiger partial charge in [-0.05, 0) is 72.2 Å². The number of hydrogen-bond donors (Lipinski definition) is 3. The van der Waals surface area contributed by atoms with Gasteiger partial charge in [-0.3, -0.25) is 0 Å². The minimum Gasteiger partial charge on any atom is -0.508 e. The summed E-state index contributed by atoms with van der Waals surface area (Å²) in [4.78, 5) is 17.4. The Morgan fingerprint density at radius 2 is 1.67 bits per heavy atom. The molecule has 0 bridgehead atoms. The Balaban J connectivity index is 2.33. The van der Waals surface area contributed by atoms with Crippen molar-refractivity contribution in [3.8, 4) is 11.5 Å². The monoisotopic (exact) mass is 400 g/mol. The molecule has 27 heavy (non-hydrogen) atoms. The van der Waals surface area contributed by atoms with Crippen molar-refractivity contribution in [1.29, 1.82) is 0 Å². The molecule has 0 aliphatic heterocycles. The van der Waals surface area contributed by atoms with Crippen molar-refractivity contribution in [3.05, 3.63) is 58.1 Å². The summed E-state index contributed by atoms with van der Waals surface area (Å²) in [5, 5.41) is 9.94. The molecule has 0 fully saturated rings. The van der Waals surface area contributed by atoms with Crippen molar-refractivity contribution < 1.29 is 33.0 Å². The van der Waals surface area contributed by atoms with Crippen molar-refractivity contribution in [2.24, 2.45) is 0 Å². The fourth-order valence-electron chi connectivity index (χ4n) is 2.87. The van der Waals surface area contributed by atoms with Gasteiger partial charge in [0.25, 0.3) is 0 Å². The van der Waals surface area contributed by atoms with Crippen LogP contribution in [0.2, 0.25) is 0 Å². The van der Waals surface area contributed by atoms with Crippen LogP contribution in [0.5, 0.6) is 11.5 Å². The fraction of sp³-hybridized carbons (Fsp3) is 0.368. The lowest BCUT2D eigenvalue weighted by Gasteiger charge is -2.20. The number of hydrogen-bond acceptors (Lipinski definition) is 3. The number of benzene rings is 2. The van der Waals surface area contributed by atoms with E-state index in [2.05, 4.69) is 4.74 Å². The van der Waals surface area contributed by atoms with Crippen molar-refractivity contribution in [1.82, 2.24) is 0 Å². The molecule has 2 aromatic rings. The topological polar surface area (TPSA) is 87.0 Å². The van der Waals surface area contributed by atoms with Crippen LogP contribution in [-0.2, 0) is 11.0 Å². The minimum absolute atomic E-state index is 0.151. The summed E-state index contributed by atoms with van der Waals surface area (Å²) in [6.07, 6.45) is 0.521. The molecule has 0 unspecified atom stereocenters. The Kier molecular flexibility index (Phi) is 6.00. The van der Waals surface area contributed by atoms with Crippen LogP contribution in [0.15, 0.2) is 30.3 Å². The van der Waals surface area contributed by atoms with Crippen LogP contribution < -0.4 is 4.74 Å². The maximum atomic E-state index is 13.5. The van der Waals surface area contributed by atoms with E-state index < -0.39 is 13.4 Å². The lowest BCUT2D eigenvalue weighted by atomic mass is 9.93. The van der Waals surface area contributed by atoms with Gasteiger partial charge in [0.2, 0.25) is 0 Å². The molecule has 2 aromatic carbocycles. The summed E-state index contributed by atoms with van der Waals surface area (Å²) >= 11 is 0. The SMILES string of the molecule is Cc1cc(OC(F)(F)P(=O)(O)O)cc(C)c1Cc1ccc(O)c(C(C)C)c1. The number of phenolic OH excluding ortho intramolecular Hbond substituents is 1. The second kappa shape index (κ2) is 7.58. The van der Waals surface area contributed by atoms with Crippen molar-refractivity contribution in [2.75, 3.05) is 0 Å². The average molecular weight is 400 g/mol. The zero-order chi connectivity index (χ0) is 20.6. The smallest absolute Gasteiger partial charge is 0.503 e. The van der Waals surface area contributed by atoms with E-state index in [1.165, 1.54) is 12.1 Å². The standard InChI is InChI=1S/C19H23F2O5P/c1-11(2)16-9-14(5-6-18(16)22)10-17-12(3)7-15(8-13(17)4)26-19(20,21)27(23,24)25/h5-9,11,22H,10H2,1-4H3,(H2,23,24,25). The highest BCUT2D eigenvalue weighted by atomic mass is 31.2. The summed E-state index contributed by atoms with van der Waals surface area (Å²) in [6, 6.07) is 8.00. The Labute approximate surface area is 156 Å². The molecule has 2 rings (SSSR count). The first-order valence-corrected chi connectivity index (χ1v) is 9.97. The summed E-state index contributed by atoms with van der Waals surface area (Å²) in [6.45, 7) is 7.38. The molecule has 0 saturated heterocycles. The number of aromatic hydroxyl groups is 1. The van der Waals surface area contributed by atoms with E-state index in [-0.39, 0.29) is 17.4 Å². The average Bonchev–Trinajstić information content (AvgIpc) is 2.50. The number of halogens is 2. The van der Waals surface area contributed by atoms with Crippen molar-refractivity contribution >= 4 is 7.60 Å². The van der Waals surface area contributed by atoms with Gasteiger partial charge in [0.1, 0.15) is 11.5 Å². The summed E-state index contributed by atoms with van der Waals surface area (Å²) in [5.74, 6) is -4.52. The summed E-state index contributed by atoms with van der Waals surface area (Å²) in [5.41, 5.74) is 3.99. The van der Waals surface area contributed by atoms with E-state index in [1.807, 2.05) is 19.9 Å². The molecule has 0 aliphatic carbocycles. The third kappa shape index (κ3) is 4.86. The predicted molar refractivity (Wildman–Crippen MR) is 98.5 cm³/mol. The molecule has 0 radical (unpaired) electrons. The maximum Gasteiger partial charge on any atom is 0.503 e. The van der Waals surface area contributed by atoms with Gasteiger partial charge in [0.05, 0.1) is 0 Å². The van der Waals surface area contributed by atoms with E-state index in [1.54, 1.807) is 26.0 Å². The van der Waals surface area contributed by atoms with Gasteiger partial charge in [0.15, 0.2) is 0 Å². The Morgan fingerprint density at radius 3 is 2.15 bits per heavy atom. The molecule has 0 heterocycles. The second-order valence-corrected chi connectivity index (χ2v) is 8.50. The molecular formula is C19H23F2O5P. The fourth-order valence-corrected chi connectivity index (χ4v) is 3.10. The van der Waals surface area contributed by atoms with Gasteiger partial charge in [-0.2, -0.15) is 8.78 Å². The van der Waals surface area contributed by atoms with Gasteiger partial charge in [-0.1, -0.05) is 26.0 Å². The van der Waals surface area contributed by atoms with Gasteiger partial charge >= 0.3 is 13.4 Å². The molecule has 0 spiro atoms. The van der Waals surface area contributed by atoms with Gasteiger partial charge in [-0.15, -0.1) is 0 Å². The third-order valence-corrected chi connectivity index (χ3v) is 5.11. The molecular weight excluding hydrogens is 377 g/mol. The van der Waals surface area contributed by atoms with E-state index in [0.29, 0.717) is 17.5 Å². The van der Waals surface area contributed by atoms with Crippen molar-refractivity contribution in [2.45, 2.75) is 45.9 Å². The molecule has 3 N–H and O–H groups in total. The minimum atomic E-state index is -5.73. The van der Waals surface area contributed by atoms with Crippen molar-refractivity contribution in [3.63, 3.8) is 0 Å². The summed E-state index contributed by atoms with van der Waals surface area (Å²) < 4.78 is 42.1. The second-order valence-electron chi connectivity index (χ2n) is 6.89. The van der Waals surface area contributed by atoms with Gasteiger partial charge < -0.3 is 19.6 Å². The number of phenols is 1. The Bertz CT molecular complexity index is 867. The largest absolute Gasteiger partial charge is 0.508 e. The lowest BCUT2D eigenvalue weighted by Crippen LogP contribution is -2.24. The summed E-state index contributed by atoms with van der Waals surface area (Å²) in [7, 11) is -5.73. The number of aryl methyl sites for hydroxylation is 2. The normalized spacial score (nSPS) is 12.5. The van der Waals surface area contributed by atoms with E-state index >= 15 is 0 Å². The predicted octanol–water partition coefficient (Wildman–Crippen LogP) is 4.83. The lowest BCUT2D eigenvalue weighted by molar-refractivity contribution is -0.116. The molecule has 0 saturated carbocycles. The Morgan fingerprint density at radius 1 is 1.11 bits per heavy atom. The first kappa shape index (κ1) is 21.4. The number of rotatable bonds is 6. The van der Waals surface area contributed by atoms with Crippen LogP contribution in [0, 0.1) is 13.8 Å². The van der Waals surface area contributed by atoms with Crippen LogP contribution in [-0.4, -0.2) is 20.7 Å². The maximum absolute atomic E-state index is 13.5. The highest BCUT2D eigenvalue weighted by Gasteiger charge is 2.52. The van der Waals surface area contributed by atoms with Crippen LogP contribution in [0.25, 0.3) is 0 Å². The number of ether oxygens (including phenoxy) is 1. The van der Waals surface area contributed by atoms with Crippen LogP contribution in [0.1, 0.15) is 47.6 Å². The molecule has 0 atom stereocenters. The highest BCUT2D eigenvalue weighted by molar-refractivity contribution is 7.52. The first-order valence-electron chi connectivity index (χ1n) is 8.36. The molecule has 5 nitrogen and oxygen atoms in total. The number of alkyl halides is 2. The van der Waals surface area contributed by atoms with Gasteiger partial charge in [-0.25, -0.2) is 4.57 Å². The molecule has 0 amide bonds. The zero-order valence-electron chi connectivity index (χ0n) is 15.5. The molecule has 8 heteroatoms. The third-order valence-electron chi connectivity index (χ3n) is 4.34. The van der Waals surface area contributed by atoms with Crippen LogP contribution >= 0.6 is 7.60 Å². The quantitative estimate of drug-likeness (QED) is 0.605. The first-order chi connectivity index (χ1) is 12.3. The van der Waals surface area contributed by atoms with Crippen LogP contribution in [0.3, 0.4) is 0 Å². The zero-order valence-corrected chi connectivity index (χ0v) is 16.4. The Hall–Kier alpha value is -1.95. The highest BCUT2D eigenvalue weighted by Crippen LogP contribution is 2.53. The van der Waals surface area contributed by atoms with Crippen LogP contribution in [0.4, 0.5) is 8.78 Å². The molecule has 0 aromatic heterocycles. The molecule has 0 aliphatic rings. The van der Waals surface area contributed by atoms with E-state index in [0.717, 1.165) is 16.7 Å². The van der Waals surface area contributed by atoms with Gasteiger partial charge in [0, 0.05) is 0 Å². The van der Waals surface area contributed by atoms with E-state index in [9.17, 15) is 18.5 Å². The van der Waals surface area contributed by atoms with E-state index in [4.69, 9.17) is 9.79 Å².